The van der Waals surface area contributed by atoms with E-state index in [0.29, 0.717) is 6.54 Å². The minimum Gasteiger partial charge on any atom is -0.394 e. The monoisotopic (exact) mass is 372 g/mol. The van der Waals surface area contributed by atoms with Gasteiger partial charge in [-0.1, -0.05) is 30.3 Å². The largest absolute Gasteiger partial charge is 0.394 e. The lowest BCUT2D eigenvalue weighted by Gasteiger charge is -2.54. The maximum atomic E-state index is 12.1. The molecule has 146 valence electrons. The number of nitrogens with zero attached hydrogens (tertiary/aromatic N) is 1. The highest BCUT2D eigenvalue weighted by Crippen LogP contribution is 2.41. The van der Waals surface area contributed by atoms with Crippen LogP contribution in [0.5, 0.6) is 0 Å². The minimum absolute atomic E-state index is 0.00616. The van der Waals surface area contributed by atoms with Gasteiger partial charge in [-0.25, -0.2) is 0 Å². The summed E-state index contributed by atoms with van der Waals surface area (Å²) >= 11 is 0. The Morgan fingerprint density at radius 3 is 2.56 bits per heavy atom. The third-order valence-corrected chi connectivity index (χ3v) is 5.59. The third-order valence-electron chi connectivity index (χ3n) is 5.59. The SMILES string of the molecule is COCC(=O)NC[C@H]1[C@@H](c2ccc(C3=CCCC3)cc2)[C@@H](CO)N1C(C)=O. The molecule has 1 aliphatic heterocycles. The van der Waals surface area contributed by atoms with Crippen LogP contribution in [0.3, 0.4) is 0 Å². The van der Waals surface area contributed by atoms with Crippen LogP contribution in [-0.2, 0) is 14.3 Å². The number of aliphatic hydroxyl groups is 1. The molecule has 1 heterocycles. The first kappa shape index (κ1) is 19.6. The fourth-order valence-electron chi connectivity index (χ4n) is 4.34. The van der Waals surface area contributed by atoms with Crippen LogP contribution in [-0.4, -0.2) is 60.8 Å². The summed E-state index contributed by atoms with van der Waals surface area (Å²) in [4.78, 5) is 25.5. The molecule has 3 atom stereocenters. The molecular weight excluding hydrogens is 344 g/mol. The standard InChI is InChI=1S/C21H28N2O4/c1-14(25)23-18(11-22-20(26)13-27-2)21(19(23)12-24)17-9-7-16(8-10-17)15-5-3-4-6-15/h5,7-10,18-19,21,24H,3-4,6,11-13H2,1-2H3,(H,22,26)/t18-,19+,21+/m0/s1. The first-order chi connectivity index (χ1) is 13.1. The van der Waals surface area contributed by atoms with Gasteiger partial charge in [-0.3, -0.25) is 9.59 Å². The molecule has 0 aromatic heterocycles. The third kappa shape index (κ3) is 4.06. The van der Waals surface area contributed by atoms with Crippen molar-refractivity contribution in [3.05, 3.63) is 41.5 Å². The fraction of sp³-hybridized carbons (Fsp3) is 0.524. The van der Waals surface area contributed by atoms with E-state index < -0.39 is 0 Å². The number of rotatable bonds is 7. The van der Waals surface area contributed by atoms with Gasteiger partial charge in [-0.2, -0.15) is 0 Å². The lowest BCUT2D eigenvalue weighted by molar-refractivity contribution is -0.148. The van der Waals surface area contributed by atoms with Gasteiger partial charge in [0, 0.05) is 26.5 Å². The number of allylic oxidation sites excluding steroid dienone is 2. The summed E-state index contributed by atoms with van der Waals surface area (Å²) in [5.74, 6) is -0.312. The number of ether oxygens (including phenoxy) is 1. The van der Waals surface area contributed by atoms with Gasteiger partial charge in [0.05, 0.1) is 18.7 Å². The fourth-order valence-corrected chi connectivity index (χ4v) is 4.34. The van der Waals surface area contributed by atoms with Gasteiger partial charge >= 0.3 is 0 Å². The summed E-state index contributed by atoms with van der Waals surface area (Å²) in [7, 11) is 1.47. The van der Waals surface area contributed by atoms with Crippen LogP contribution in [0.2, 0.25) is 0 Å². The Morgan fingerprint density at radius 2 is 2.00 bits per heavy atom. The number of benzene rings is 1. The zero-order chi connectivity index (χ0) is 19.4. The molecule has 1 aliphatic carbocycles. The van der Waals surface area contributed by atoms with Crippen molar-refractivity contribution in [2.45, 2.75) is 44.2 Å². The Balaban J connectivity index is 1.77. The molecule has 6 nitrogen and oxygen atoms in total. The number of carbonyl (C=O) groups is 2. The molecule has 3 rings (SSSR count). The number of hydrogen-bond donors (Lipinski definition) is 2. The number of hydrogen-bond acceptors (Lipinski definition) is 4. The molecule has 0 saturated carbocycles. The van der Waals surface area contributed by atoms with E-state index in [1.165, 1.54) is 31.6 Å². The van der Waals surface area contributed by atoms with Crippen LogP contribution in [0.1, 0.15) is 43.2 Å². The summed E-state index contributed by atoms with van der Waals surface area (Å²) in [5.41, 5.74) is 3.71. The predicted octanol–water partition coefficient (Wildman–Crippen LogP) is 1.69. The second-order valence-corrected chi connectivity index (χ2v) is 7.25. The van der Waals surface area contributed by atoms with Crippen molar-refractivity contribution in [3.63, 3.8) is 0 Å². The second kappa shape index (κ2) is 8.67. The van der Waals surface area contributed by atoms with Crippen molar-refractivity contribution in [1.29, 1.82) is 0 Å². The first-order valence-electron chi connectivity index (χ1n) is 9.51. The van der Waals surface area contributed by atoms with Crippen LogP contribution in [0.15, 0.2) is 30.3 Å². The normalized spacial score (nSPS) is 24.3. The van der Waals surface area contributed by atoms with Crippen LogP contribution < -0.4 is 5.32 Å². The topological polar surface area (TPSA) is 78.9 Å². The Labute approximate surface area is 160 Å². The van der Waals surface area contributed by atoms with Crippen molar-refractivity contribution >= 4 is 17.4 Å². The molecular formula is C21H28N2O4. The van der Waals surface area contributed by atoms with Crippen molar-refractivity contribution in [3.8, 4) is 0 Å². The summed E-state index contributed by atoms with van der Waals surface area (Å²) < 4.78 is 4.84. The highest BCUT2D eigenvalue weighted by Gasteiger charge is 2.49. The van der Waals surface area contributed by atoms with E-state index in [9.17, 15) is 14.7 Å². The van der Waals surface area contributed by atoms with Gasteiger partial charge in [0.2, 0.25) is 11.8 Å². The first-order valence-corrected chi connectivity index (χ1v) is 9.51. The quantitative estimate of drug-likeness (QED) is 0.763. The summed E-state index contributed by atoms with van der Waals surface area (Å²) in [5, 5.41) is 12.7. The van der Waals surface area contributed by atoms with E-state index in [1.54, 1.807) is 4.90 Å². The maximum absolute atomic E-state index is 12.1. The predicted molar refractivity (Wildman–Crippen MR) is 103 cm³/mol. The van der Waals surface area contributed by atoms with E-state index in [4.69, 9.17) is 4.74 Å². The highest BCUT2D eigenvalue weighted by molar-refractivity contribution is 5.78. The van der Waals surface area contributed by atoms with Crippen LogP contribution in [0, 0.1) is 0 Å². The number of amides is 2. The van der Waals surface area contributed by atoms with E-state index in [0.717, 1.165) is 18.4 Å². The van der Waals surface area contributed by atoms with Crippen LogP contribution in [0.4, 0.5) is 0 Å². The molecule has 2 N–H and O–H groups in total. The molecule has 2 aliphatic rings. The van der Waals surface area contributed by atoms with Crippen molar-refractivity contribution < 1.29 is 19.4 Å². The average molecular weight is 372 g/mol. The Hall–Kier alpha value is -2.18. The van der Waals surface area contributed by atoms with Gasteiger partial charge in [-0.05, 0) is 36.0 Å². The summed E-state index contributed by atoms with van der Waals surface area (Å²) in [6, 6.07) is 7.99. The van der Waals surface area contributed by atoms with Gasteiger partial charge in [-0.15, -0.1) is 0 Å². The minimum atomic E-state index is -0.261. The molecule has 6 heteroatoms. The number of aliphatic hydroxyl groups excluding tert-OH is 1. The van der Waals surface area contributed by atoms with Crippen molar-refractivity contribution in [1.82, 2.24) is 10.2 Å². The molecule has 1 fully saturated rings. The van der Waals surface area contributed by atoms with Gasteiger partial charge in [0.1, 0.15) is 6.61 Å². The zero-order valence-corrected chi connectivity index (χ0v) is 16.0. The van der Waals surface area contributed by atoms with Gasteiger partial charge in [0.25, 0.3) is 0 Å². The second-order valence-electron chi connectivity index (χ2n) is 7.25. The lowest BCUT2D eigenvalue weighted by Crippen LogP contribution is -2.68. The zero-order valence-electron chi connectivity index (χ0n) is 16.0. The maximum Gasteiger partial charge on any atom is 0.246 e. The summed E-state index contributed by atoms with van der Waals surface area (Å²) in [6.07, 6.45) is 5.76. The molecule has 1 saturated heterocycles. The molecule has 1 aromatic carbocycles. The number of nitrogens with one attached hydrogen (secondary N) is 1. The van der Waals surface area contributed by atoms with E-state index in [-0.39, 0.29) is 43.0 Å². The number of likely N-dealkylation sites (tertiary alicyclic amines) is 1. The highest BCUT2D eigenvalue weighted by atomic mass is 16.5. The van der Waals surface area contributed by atoms with Crippen LogP contribution >= 0.6 is 0 Å². The molecule has 0 spiro atoms. The van der Waals surface area contributed by atoms with Gasteiger partial charge < -0.3 is 20.1 Å². The average Bonchev–Trinajstić information content (AvgIpc) is 3.16. The molecule has 0 bridgehead atoms. The van der Waals surface area contributed by atoms with E-state index in [2.05, 4.69) is 35.7 Å². The molecule has 27 heavy (non-hydrogen) atoms. The Kier molecular flexibility index (Phi) is 6.29. The molecule has 1 aromatic rings. The van der Waals surface area contributed by atoms with Crippen molar-refractivity contribution in [2.24, 2.45) is 0 Å². The van der Waals surface area contributed by atoms with Gasteiger partial charge in [0.15, 0.2) is 0 Å². The Morgan fingerprint density at radius 1 is 1.26 bits per heavy atom. The van der Waals surface area contributed by atoms with E-state index >= 15 is 0 Å². The lowest BCUT2D eigenvalue weighted by atomic mass is 9.74. The molecule has 0 radical (unpaired) electrons. The number of methoxy groups -OCH3 is 1. The van der Waals surface area contributed by atoms with Crippen molar-refractivity contribution in [2.75, 3.05) is 26.9 Å². The Bertz CT molecular complexity index is 713. The smallest absolute Gasteiger partial charge is 0.246 e. The number of carbonyl (C=O) groups excluding carboxylic acids is 2. The van der Waals surface area contributed by atoms with E-state index in [1.807, 2.05) is 0 Å². The van der Waals surface area contributed by atoms with Crippen LogP contribution in [0.25, 0.3) is 5.57 Å². The summed E-state index contributed by atoms with van der Waals surface area (Å²) in [6.45, 7) is 1.73. The molecule has 0 unspecified atom stereocenters. The molecule has 2 amide bonds.